The quantitative estimate of drug-likeness (QED) is 0.197. The van der Waals surface area contributed by atoms with Gasteiger partial charge in [0.05, 0.1) is 6.54 Å². The summed E-state index contributed by atoms with van der Waals surface area (Å²) in [7, 11) is 0. The van der Waals surface area contributed by atoms with E-state index >= 15 is 0 Å². The van der Waals surface area contributed by atoms with E-state index in [0.717, 1.165) is 33.2 Å². The van der Waals surface area contributed by atoms with Crippen LogP contribution in [-0.4, -0.2) is 40.7 Å². The van der Waals surface area contributed by atoms with Crippen LogP contribution in [0.3, 0.4) is 0 Å². The van der Waals surface area contributed by atoms with Crippen molar-refractivity contribution in [3.8, 4) is 22.3 Å². The number of aromatic nitrogens is 1. The van der Waals surface area contributed by atoms with E-state index in [4.69, 9.17) is 10.2 Å². The number of carbonyl (C=O) groups is 2. The van der Waals surface area contributed by atoms with Crippen molar-refractivity contribution in [1.82, 2.24) is 15.2 Å². The third-order valence-corrected chi connectivity index (χ3v) is 8.02. The number of nitrogen functional groups attached to an aromatic ring is 1. The molecular formula is C35H31F3N4O3. The Balaban J connectivity index is 1.22. The lowest BCUT2D eigenvalue weighted by Crippen LogP contribution is -2.42. The number of fused-ring (bicyclic) bond motifs is 1. The number of amides is 2. The maximum absolute atomic E-state index is 13.8. The summed E-state index contributed by atoms with van der Waals surface area (Å²) in [5.41, 5.74) is 10.7. The minimum Gasteiger partial charge on any atom is -0.459 e. The van der Waals surface area contributed by atoms with Crippen molar-refractivity contribution in [3.63, 3.8) is 0 Å². The van der Waals surface area contributed by atoms with Gasteiger partial charge in [-0.15, -0.1) is 0 Å². The Morgan fingerprint density at radius 3 is 2.31 bits per heavy atom. The first-order chi connectivity index (χ1) is 21.6. The van der Waals surface area contributed by atoms with Crippen molar-refractivity contribution in [1.29, 1.82) is 0 Å². The third-order valence-electron chi connectivity index (χ3n) is 8.02. The maximum atomic E-state index is 13.8. The van der Waals surface area contributed by atoms with Crippen LogP contribution in [0.5, 0.6) is 0 Å². The van der Waals surface area contributed by atoms with E-state index in [1.54, 1.807) is 36.5 Å². The molecule has 10 heteroatoms. The number of piperidine rings is 1. The van der Waals surface area contributed by atoms with Gasteiger partial charge in [-0.2, -0.15) is 0 Å². The summed E-state index contributed by atoms with van der Waals surface area (Å²) < 4.78 is 47.1. The predicted molar refractivity (Wildman–Crippen MR) is 166 cm³/mol. The van der Waals surface area contributed by atoms with Crippen LogP contribution in [0.15, 0.2) is 89.5 Å². The number of hydrogen-bond donors (Lipinski definition) is 2. The highest BCUT2D eigenvalue weighted by Crippen LogP contribution is 2.36. The molecule has 3 heterocycles. The average Bonchev–Trinajstić information content (AvgIpc) is 3.46. The van der Waals surface area contributed by atoms with E-state index < -0.39 is 5.92 Å². The summed E-state index contributed by atoms with van der Waals surface area (Å²) in [5.74, 6) is -2.52. The van der Waals surface area contributed by atoms with E-state index in [1.165, 1.54) is 17.0 Å². The molecule has 7 nitrogen and oxygen atoms in total. The Hall–Kier alpha value is -5.12. The molecule has 5 aromatic rings. The standard InChI is InChI=1S/C35H31F3N4O3/c36-28-9-7-24(8-10-28)30-19-26(23-3-5-25(6-4-23)34(44)42-15-13-35(37,38)14-16-42)17-27-18-29(45-33(27)30)21-41-32(43)12-2-22-1-11-31(39)40-20-22/h1,3-11,17-20H,2,12-16,21H2,(H2,39,40)(H,41,43). The van der Waals surface area contributed by atoms with Crippen molar-refractivity contribution < 1.29 is 27.2 Å². The van der Waals surface area contributed by atoms with Crippen LogP contribution in [0, 0.1) is 5.82 Å². The largest absolute Gasteiger partial charge is 0.459 e. The van der Waals surface area contributed by atoms with Gasteiger partial charge in [0.1, 0.15) is 23.0 Å². The molecule has 2 aromatic heterocycles. The number of nitrogens with zero attached hydrogens (tertiary/aromatic N) is 2. The Morgan fingerprint density at radius 1 is 0.911 bits per heavy atom. The van der Waals surface area contributed by atoms with Crippen LogP contribution in [0.2, 0.25) is 0 Å². The lowest BCUT2D eigenvalue weighted by atomic mass is 9.96. The number of halogens is 3. The van der Waals surface area contributed by atoms with Gasteiger partial charge in [-0.1, -0.05) is 30.3 Å². The summed E-state index contributed by atoms with van der Waals surface area (Å²) in [5, 5.41) is 3.69. The molecule has 1 aliphatic rings. The third kappa shape index (κ3) is 7.01. The van der Waals surface area contributed by atoms with Gasteiger partial charge in [0, 0.05) is 55.1 Å². The summed E-state index contributed by atoms with van der Waals surface area (Å²) in [6.07, 6.45) is 1.79. The number of furan rings is 1. The zero-order chi connectivity index (χ0) is 31.6. The topological polar surface area (TPSA) is 101 Å². The molecule has 6 rings (SSSR count). The fourth-order valence-electron chi connectivity index (χ4n) is 5.44. The Morgan fingerprint density at radius 2 is 1.62 bits per heavy atom. The van der Waals surface area contributed by atoms with Crippen molar-refractivity contribution in [2.45, 2.75) is 38.2 Å². The number of likely N-dealkylation sites (tertiary alicyclic amines) is 1. The number of pyridine rings is 1. The molecule has 2 amide bonds. The number of carbonyl (C=O) groups excluding carboxylic acids is 2. The first-order valence-corrected chi connectivity index (χ1v) is 14.7. The highest BCUT2D eigenvalue weighted by molar-refractivity contribution is 5.98. The van der Waals surface area contributed by atoms with Crippen LogP contribution in [0.1, 0.15) is 40.9 Å². The van der Waals surface area contributed by atoms with Crippen molar-refractivity contribution in [2.24, 2.45) is 0 Å². The molecule has 0 atom stereocenters. The monoisotopic (exact) mass is 612 g/mol. The summed E-state index contributed by atoms with van der Waals surface area (Å²) in [6.45, 7) is 0.230. The van der Waals surface area contributed by atoms with Gasteiger partial charge >= 0.3 is 0 Å². The highest BCUT2D eigenvalue weighted by Gasteiger charge is 2.35. The number of benzene rings is 3. The SMILES string of the molecule is Nc1ccc(CCC(=O)NCc2cc3cc(-c4ccc(C(=O)N5CCC(F)(F)CC5)cc4)cc(-c4ccc(F)cc4)c3o2)cn1. The lowest BCUT2D eigenvalue weighted by Gasteiger charge is -2.31. The maximum Gasteiger partial charge on any atom is 0.253 e. The summed E-state index contributed by atoms with van der Waals surface area (Å²) in [4.78, 5) is 31.0. The molecule has 1 aliphatic heterocycles. The minimum atomic E-state index is -2.73. The van der Waals surface area contributed by atoms with E-state index in [1.807, 2.05) is 36.4 Å². The zero-order valence-electron chi connectivity index (χ0n) is 24.4. The van der Waals surface area contributed by atoms with Crippen LogP contribution in [-0.2, 0) is 17.8 Å². The van der Waals surface area contributed by atoms with Gasteiger partial charge in [0.15, 0.2) is 0 Å². The second-order valence-corrected chi connectivity index (χ2v) is 11.3. The number of aryl methyl sites for hydroxylation is 1. The van der Waals surface area contributed by atoms with Crippen LogP contribution < -0.4 is 11.1 Å². The minimum absolute atomic E-state index is 0.0224. The van der Waals surface area contributed by atoms with Gasteiger partial charge in [-0.05, 0) is 77.2 Å². The second kappa shape index (κ2) is 12.5. The van der Waals surface area contributed by atoms with Gasteiger partial charge < -0.3 is 20.4 Å². The molecule has 0 bridgehead atoms. The number of rotatable bonds is 8. The van der Waals surface area contributed by atoms with E-state index in [-0.39, 0.29) is 56.5 Å². The molecule has 0 spiro atoms. The lowest BCUT2D eigenvalue weighted by molar-refractivity contribution is -0.121. The Kier molecular flexibility index (Phi) is 8.30. The first-order valence-electron chi connectivity index (χ1n) is 14.7. The molecule has 3 N–H and O–H groups in total. The second-order valence-electron chi connectivity index (χ2n) is 11.3. The summed E-state index contributed by atoms with van der Waals surface area (Å²) in [6, 6.07) is 22.4. The Labute approximate surface area is 257 Å². The normalized spacial score (nSPS) is 14.4. The molecule has 0 saturated carbocycles. The van der Waals surface area contributed by atoms with E-state index in [2.05, 4.69) is 10.3 Å². The van der Waals surface area contributed by atoms with Crippen molar-refractivity contribution >= 4 is 28.6 Å². The van der Waals surface area contributed by atoms with E-state index in [9.17, 15) is 22.8 Å². The van der Waals surface area contributed by atoms with Crippen molar-refractivity contribution in [3.05, 3.63) is 108 Å². The van der Waals surface area contributed by atoms with Crippen LogP contribution in [0.25, 0.3) is 33.2 Å². The fraction of sp³-hybridized carbons (Fsp3) is 0.229. The summed E-state index contributed by atoms with van der Waals surface area (Å²) >= 11 is 0. The van der Waals surface area contributed by atoms with Gasteiger partial charge in [0.2, 0.25) is 5.91 Å². The smallest absolute Gasteiger partial charge is 0.253 e. The Bertz CT molecular complexity index is 1830. The first kappa shape index (κ1) is 29.9. The zero-order valence-corrected chi connectivity index (χ0v) is 24.4. The highest BCUT2D eigenvalue weighted by atomic mass is 19.3. The average molecular weight is 613 g/mol. The number of alkyl halides is 2. The van der Waals surface area contributed by atoms with Crippen LogP contribution in [0.4, 0.5) is 19.0 Å². The van der Waals surface area contributed by atoms with Crippen molar-refractivity contribution in [2.75, 3.05) is 18.8 Å². The number of nitrogens with two attached hydrogens (primary N) is 1. The van der Waals surface area contributed by atoms with Gasteiger partial charge in [-0.25, -0.2) is 18.2 Å². The van der Waals surface area contributed by atoms with Gasteiger partial charge in [-0.3, -0.25) is 9.59 Å². The predicted octanol–water partition coefficient (Wildman–Crippen LogP) is 7.00. The molecule has 0 aliphatic carbocycles. The van der Waals surface area contributed by atoms with E-state index in [0.29, 0.717) is 29.1 Å². The molecule has 45 heavy (non-hydrogen) atoms. The molecule has 1 saturated heterocycles. The molecule has 1 fully saturated rings. The number of anilines is 1. The molecule has 0 unspecified atom stereocenters. The molecule has 3 aromatic carbocycles. The number of hydrogen-bond acceptors (Lipinski definition) is 5. The molecule has 0 radical (unpaired) electrons. The molecule has 230 valence electrons. The van der Waals surface area contributed by atoms with Crippen LogP contribution >= 0.6 is 0 Å². The van der Waals surface area contributed by atoms with Gasteiger partial charge in [0.25, 0.3) is 11.8 Å². The fourth-order valence-corrected chi connectivity index (χ4v) is 5.44. The molecular weight excluding hydrogens is 581 g/mol. The number of nitrogens with one attached hydrogen (secondary N) is 1.